The summed E-state index contributed by atoms with van der Waals surface area (Å²) in [6, 6.07) is 2.60. The van der Waals surface area contributed by atoms with E-state index in [9.17, 15) is 9.50 Å². The summed E-state index contributed by atoms with van der Waals surface area (Å²) in [5.41, 5.74) is 0.889. The molecule has 4 nitrogen and oxygen atoms in total. The highest BCUT2D eigenvalue weighted by atomic mass is 35.5. The number of nitrogens with zero attached hydrogens (tertiary/aromatic N) is 2. The van der Waals surface area contributed by atoms with E-state index in [0.717, 1.165) is 37.6 Å². The predicted molar refractivity (Wildman–Crippen MR) is 80.7 cm³/mol. The van der Waals surface area contributed by atoms with Crippen molar-refractivity contribution in [1.82, 2.24) is 9.13 Å². The summed E-state index contributed by atoms with van der Waals surface area (Å²) in [5, 5.41) is 10.6. The van der Waals surface area contributed by atoms with Crippen molar-refractivity contribution < 1.29 is 14.2 Å². The lowest BCUT2D eigenvalue weighted by molar-refractivity contribution is 0.411. The third kappa shape index (κ3) is 2.22. The maximum Gasteiger partial charge on any atom is 0.218 e. The number of imidazole rings is 1. The standard InChI is InChI=1S/C14H14ClFN2O2S/c1-20-12-7-11(9(16)6-8(12)15)18-13(19)10-4-2-3-5-17(10)14(18)21/h6-7,19H,2-5H2,1H3. The Morgan fingerprint density at radius 3 is 2.81 bits per heavy atom. The van der Waals surface area contributed by atoms with E-state index in [1.165, 1.54) is 17.7 Å². The molecule has 2 aromatic rings. The largest absolute Gasteiger partial charge is 0.495 e. The van der Waals surface area contributed by atoms with Gasteiger partial charge in [0.1, 0.15) is 11.6 Å². The van der Waals surface area contributed by atoms with Crippen LogP contribution >= 0.6 is 23.8 Å². The Hall–Kier alpha value is -1.53. The van der Waals surface area contributed by atoms with E-state index >= 15 is 0 Å². The van der Waals surface area contributed by atoms with Crippen molar-refractivity contribution in [3.63, 3.8) is 0 Å². The monoisotopic (exact) mass is 328 g/mol. The first-order valence-electron chi connectivity index (χ1n) is 6.61. The van der Waals surface area contributed by atoms with Gasteiger partial charge in [-0.05, 0) is 37.5 Å². The molecule has 1 aliphatic heterocycles. The average Bonchev–Trinajstić information content (AvgIpc) is 2.72. The van der Waals surface area contributed by atoms with Crippen molar-refractivity contribution in [2.45, 2.75) is 25.8 Å². The van der Waals surface area contributed by atoms with Crippen LogP contribution in [-0.2, 0) is 13.0 Å². The van der Waals surface area contributed by atoms with E-state index in [0.29, 0.717) is 10.5 Å². The highest BCUT2D eigenvalue weighted by Crippen LogP contribution is 2.34. The lowest BCUT2D eigenvalue weighted by Crippen LogP contribution is -2.09. The van der Waals surface area contributed by atoms with Crippen LogP contribution in [0.4, 0.5) is 4.39 Å². The van der Waals surface area contributed by atoms with Crippen LogP contribution in [0.5, 0.6) is 11.6 Å². The fourth-order valence-corrected chi connectivity index (χ4v) is 3.29. The quantitative estimate of drug-likeness (QED) is 0.851. The Balaban J connectivity index is 2.27. The summed E-state index contributed by atoms with van der Waals surface area (Å²) in [6.45, 7) is 0.737. The molecule has 0 atom stereocenters. The molecular weight excluding hydrogens is 315 g/mol. The van der Waals surface area contributed by atoms with E-state index in [4.69, 9.17) is 28.6 Å². The molecule has 0 amide bonds. The molecule has 1 aromatic heterocycles. The Morgan fingerprint density at radius 1 is 1.38 bits per heavy atom. The maximum absolute atomic E-state index is 14.2. The topological polar surface area (TPSA) is 39.3 Å². The molecule has 1 aliphatic rings. The van der Waals surface area contributed by atoms with Gasteiger partial charge in [0.15, 0.2) is 4.77 Å². The van der Waals surface area contributed by atoms with E-state index in [1.54, 1.807) is 0 Å². The predicted octanol–water partition coefficient (Wildman–Crippen LogP) is 3.85. The molecule has 0 saturated heterocycles. The van der Waals surface area contributed by atoms with Gasteiger partial charge in [-0.15, -0.1) is 0 Å². The highest BCUT2D eigenvalue weighted by Gasteiger charge is 2.23. The number of hydrogen-bond donors (Lipinski definition) is 1. The molecule has 112 valence electrons. The molecule has 0 radical (unpaired) electrons. The number of methoxy groups -OCH3 is 1. The molecule has 0 spiro atoms. The molecule has 2 heterocycles. The molecule has 0 unspecified atom stereocenters. The number of aromatic hydroxyl groups is 1. The fraction of sp³-hybridized carbons (Fsp3) is 0.357. The zero-order chi connectivity index (χ0) is 15.1. The van der Waals surface area contributed by atoms with Gasteiger partial charge in [0.25, 0.3) is 0 Å². The smallest absolute Gasteiger partial charge is 0.218 e. The summed E-state index contributed by atoms with van der Waals surface area (Å²) >= 11 is 11.3. The zero-order valence-electron chi connectivity index (χ0n) is 11.4. The Labute approximate surface area is 131 Å². The normalized spacial score (nSPS) is 14.0. The molecule has 21 heavy (non-hydrogen) atoms. The number of ether oxygens (including phenoxy) is 1. The van der Waals surface area contributed by atoms with Crippen molar-refractivity contribution in [1.29, 1.82) is 0 Å². The second kappa shape index (κ2) is 5.35. The van der Waals surface area contributed by atoms with E-state index in [2.05, 4.69) is 0 Å². The molecule has 7 heteroatoms. The van der Waals surface area contributed by atoms with Crippen LogP contribution in [0.25, 0.3) is 5.69 Å². The number of benzene rings is 1. The van der Waals surface area contributed by atoms with Gasteiger partial charge >= 0.3 is 0 Å². The number of halogens is 2. The summed E-state index contributed by atoms with van der Waals surface area (Å²) in [5.74, 6) is -0.239. The molecule has 1 aromatic carbocycles. The second-order valence-corrected chi connectivity index (χ2v) is 5.71. The van der Waals surface area contributed by atoms with Crippen LogP contribution in [0.3, 0.4) is 0 Å². The summed E-state index contributed by atoms with van der Waals surface area (Å²) in [4.78, 5) is 0. The van der Waals surface area contributed by atoms with Gasteiger partial charge in [0.05, 0.1) is 23.5 Å². The average molecular weight is 329 g/mol. The minimum absolute atomic E-state index is 0.0111. The van der Waals surface area contributed by atoms with Gasteiger partial charge in [0, 0.05) is 12.6 Å². The molecule has 3 rings (SSSR count). The van der Waals surface area contributed by atoms with E-state index in [-0.39, 0.29) is 16.6 Å². The number of rotatable bonds is 2. The van der Waals surface area contributed by atoms with Crippen LogP contribution in [0.2, 0.25) is 5.02 Å². The van der Waals surface area contributed by atoms with Gasteiger partial charge in [-0.25, -0.2) is 4.39 Å². The zero-order valence-corrected chi connectivity index (χ0v) is 13.0. The van der Waals surface area contributed by atoms with Crippen LogP contribution in [0.1, 0.15) is 18.5 Å². The fourth-order valence-electron chi connectivity index (χ4n) is 2.68. The summed E-state index contributed by atoms with van der Waals surface area (Å²) in [7, 11) is 1.45. The number of hydrogen-bond acceptors (Lipinski definition) is 3. The Kier molecular flexibility index (Phi) is 3.67. The Morgan fingerprint density at radius 2 is 2.14 bits per heavy atom. The molecule has 0 saturated carbocycles. The van der Waals surface area contributed by atoms with Crippen LogP contribution in [0.15, 0.2) is 12.1 Å². The third-order valence-corrected chi connectivity index (χ3v) is 4.42. The van der Waals surface area contributed by atoms with Crippen molar-refractivity contribution in [3.8, 4) is 17.3 Å². The van der Waals surface area contributed by atoms with Gasteiger partial charge in [0.2, 0.25) is 5.88 Å². The summed E-state index contributed by atoms with van der Waals surface area (Å²) < 4.78 is 22.9. The van der Waals surface area contributed by atoms with Gasteiger partial charge in [-0.3, -0.25) is 4.57 Å². The minimum Gasteiger partial charge on any atom is -0.495 e. The van der Waals surface area contributed by atoms with Crippen LogP contribution < -0.4 is 4.74 Å². The van der Waals surface area contributed by atoms with Crippen molar-refractivity contribution in [3.05, 3.63) is 33.4 Å². The lowest BCUT2D eigenvalue weighted by Gasteiger charge is -2.12. The van der Waals surface area contributed by atoms with Gasteiger partial charge in [-0.2, -0.15) is 0 Å². The minimum atomic E-state index is -0.560. The second-order valence-electron chi connectivity index (χ2n) is 4.94. The highest BCUT2D eigenvalue weighted by molar-refractivity contribution is 7.71. The van der Waals surface area contributed by atoms with Gasteiger partial charge < -0.3 is 14.4 Å². The SMILES string of the molecule is COc1cc(-n2c(O)c3n(c2=S)CCCC3)c(F)cc1Cl. The molecule has 0 fully saturated rings. The van der Waals surface area contributed by atoms with Gasteiger partial charge in [-0.1, -0.05) is 11.6 Å². The first-order valence-corrected chi connectivity index (χ1v) is 7.40. The van der Waals surface area contributed by atoms with Crippen LogP contribution in [0, 0.1) is 10.6 Å². The maximum atomic E-state index is 14.2. The first kappa shape index (κ1) is 14.4. The third-order valence-electron chi connectivity index (χ3n) is 3.73. The lowest BCUT2D eigenvalue weighted by atomic mass is 10.1. The van der Waals surface area contributed by atoms with E-state index < -0.39 is 5.82 Å². The first-order chi connectivity index (χ1) is 10.0. The molecule has 0 aliphatic carbocycles. The van der Waals surface area contributed by atoms with Crippen molar-refractivity contribution in [2.75, 3.05) is 7.11 Å². The summed E-state index contributed by atoms with van der Waals surface area (Å²) in [6.07, 6.45) is 2.71. The number of fused-ring (bicyclic) bond motifs is 1. The van der Waals surface area contributed by atoms with E-state index in [1.807, 2.05) is 4.57 Å². The molecule has 1 N–H and O–H groups in total. The molecule has 0 bridgehead atoms. The number of aromatic nitrogens is 2. The Bertz CT molecular complexity index is 769. The van der Waals surface area contributed by atoms with Crippen LogP contribution in [-0.4, -0.2) is 21.4 Å². The van der Waals surface area contributed by atoms with Crippen molar-refractivity contribution in [2.24, 2.45) is 0 Å². The van der Waals surface area contributed by atoms with Crippen molar-refractivity contribution >= 4 is 23.8 Å². The molecular formula is C14H14ClFN2O2S.